The largest absolute Gasteiger partial charge is 0.198 e. The van der Waals surface area contributed by atoms with Crippen LogP contribution in [0.15, 0.2) is 16.6 Å². The normalized spacial score (nSPS) is 9.50. The molecular weight excluding hydrogens is 329 g/mol. The van der Waals surface area contributed by atoms with Gasteiger partial charge < -0.3 is 0 Å². The molecule has 0 aliphatic carbocycles. The summed E-state index contributed by atoms with van der Waals surface area (Å²) in [6.07, 6.45) is 0.475. The zero-order valence-corrected chi connectivity index (χ0v) is 10.3. The molecule has 3 heteroatoms. The van der Waals surface area contributed by atoms with Gasteiger partial charge in [0, 0.05) is 8.04 Å². The lowest BCUT2D eigenvalue weighted by Crippen LogP contribution is -1.91. The number of nitrogens with zero attached hydrogens (tertiary/aromatic N) is 1. The van der Waals surface area contributed by atoms with Crippen LogP contribution >= 0.6 is 38.5 Å². The van der Waals surface area contributed by atoms with Crippen LogP contribution in [0.3, 0.4) is 0 Å². The van der Waals surface area contributed by atoms with Crippen molar-refractivity contribution in [3.05, 3.63) is 31.3 Å². The quantitative estimate of drug-likeness (QED) is 0.721. The van der Waals surface area contributed by atoms with Crippen molar-refractivity contribution in [2.75, 3.05) is 0 Å². The molecule has 1 nitrogen and oxygen atoms in total. The van der Waals surface area contributed by atoms with Gasteiger partial charge in [-0.15, -0.1) is 0 Å². The summed E-state index contributed by atoms with van der Waals surface area (Å²) in [6, 6.07) is 6.24. The van der Waals surface area contributed by atoms with Crippen LogP contribution in [0.25, 0.3) is 0 Å². The molecule has 0 heterocycles. The highest BCUT2D eigenvalue weighted by molar-refractivity contribution is 14.1. The number of benzene rings is 1. The fourth-order valence-corrected chi connectivity index (χ4v) is 2.08. The van der Waals surface area contributed by atoms with Gasteiger partial charge in [-0.1, -0.05) is 6.07 Å². The molecule has 62 valence electrons. The molecule has 0 amide bonds. The van der Waals surface area contributed by atoms with Crippen LogP contribution in [0.4, 0.5) is 0 Å². The monoisotopic (exact) mass is 335 g/mol. The van der Waals surface area contributed by atoms with E-state index in [0.29, 0.717) is 6.42 Å². The molecule has 0 spiro atoms. The maximum atomic E-state index is 8.59. The Kier molecular flexibility index (Phi) is 3.53. The zero-order valence-electron chi connectivity index (χ0n) is 6.56. The van der Waals surface area contributed by atoms with E-state index in [0.717, 1.165) is 13.6 Å². The SMILES string of the molecule is Cc1ccc(I)c(Br)c1CC#N. The fourth-order valence-electron chi connectivity index (χ4n) is 0.985. The number of halogens is 2. The minimum Gasteiger partial charge on any atom is -0.198 e. The number of nitriles is 1. The number of rotatable bonds is 1. The number of hydrogen-bond donors (Lipinski definition) is 0. The Labute approximate surface area is 94.0 Å². The summed E-state index contributed by atoms with van der Waals surface area (Å²) in [5, 5.41) is 8.59. The molecule has 0 aliphatic rings. The van der Waals surface area contributed by atoms with Crippen LogP contribution in [-0.4, -0.2) is 0 Å². The third kappa shape index (κ3) is 1.99. The highest BCUT2D eigenvalue weighted by Gasteiger charge is 2.05. The van der Waals surface area contributed by atoms with Gasteiger partial charge in [0.15, 0.2) is 0 Å². The van der Waals surface area contributed by atoms with Crippen molar-refractivity contribution in [2.24, 2.45) is 0 Å². The van der Waals surface area contributed by atoms with Crippen LogP contribution < -0.4 is 0 Å². The van der Waals surface area contributed by atoms with Crippen molar-refractivity contribution in [3.63, 3.8) is 0 Å². The zero-order chi connectivity index (χ0) is 9.14. The van der Waals surface area contributed by atoms with Crippen LogP contribution in [0.5, 0.6) is 0 Å². The van der Waals surface area contributed by atoms with E-state index >= 15 is 0 Å². The van der Waals surface area contributed by atoms with Gasteiger partial charge in [-0.3, -0.25) is 0 Å². The summed E-state index contributed by atoms with van der Waals surface area (Å²) in [7, 11) is 0. The molecule has 1 rings (SSSR count). The molecule has 0 aliphatic heterocycles. The lowest BCUT2D eigenvalue weighted by Gasteiger charge is -2.05. The third-order valence-corrected chi connectivity index (χ3v) is 4.23. The van der Waals surface area contributed by atoms with E-state index in [-0.39, 0.29) is 0 Å². The third-order valence-electron chi connectivity index (χ3n) is 1.69. The molecule has 0 saturated carbocycles. The van der Waals surface area contributed by atoms with Gasteiger partial charge in [0.25, 0.3) is 0 Å². The van der Waals surface area contributed by atoms with Gasteiger partial charge in [-0.05, 0) is 62.6 Å². The second-order valence-corrected chi connectivity index (χ2v) is 4.45. The van der Waals surface area contributed by atoms with E-state index < -0.39 is 0 Å². The molecule has 0 fully saturated rings. The minimum absolute atomic E-state index is 0.475. The molecule has 0 radical (unpaired) electrons. The first-order chi connectivity index (χ1) is 5.66. The van der Waals surface area contributed by atoms with Crippen LogP contribution in [-0.2, 0) is 6.42 Å². The molecule has 0 aromatic heterocycles. The Balaban J connectivity index is 3.25. The Morgan fingerprint density at radius 3 is 2.83 bits per heavy atom. The first-order valence-electron chi connectivity index (χ1n) is 3.47. The molecule has 0 unspecified atom stereocenters. The molecule has 1 aromatic carbocycles. The van der Waals surface area contributed by atoms with Gasteiger partial charge >= 0.3 is 0 Å². The Bertz CT molecular complexity index is 341. The second-order valence-electron chi connectivity index (χ2n) is 2.49. The Morgan fingerprint density at radius 1 is 1.58 bits per heavy atom. The number of aryl methyl sites for hydroxylation is 1. The molecule has 0 saturated heterocycles. The average molecular weight is 336 g/mol. The minimum atomic E-state index is 0.475. The lowest BCUT2D eigenvalue weighted by atomic mass is 10.1. The predicted molar refractivity (Wildman–Crippen MR) is 60.9 cm³/mol. The van der Waals surface area contributed by atoms with Gasteiger partial charge in [-0.25, -0.2) is 0 Å². The van der Waals surface area contributed by atoms with Crippen LogP contribution in [0.2, 0.25) is 0 Å². The summed E-state index contributed by atoms with van der Waals surface area (Å²) in [5.74, 6) is 0. The molecular formula is C9H7BrIN. The first-order valence-corrected chi connectivity index (χ1v) is 5.34. The van der Waals surface area contributed by atoms with E-state index in [1.54, 1.807) is 0 Å². The van der Waals surface area contributed by atoms with Crippen molar-refractivity contribution in [3.8, 4) is 6.07 Å². The van der Waals surface area contributed by atoms with E-state index in [1.807, 2.05) is 19.1 Å². The lowest BCUT2D eigenvalue weighted by molar-refractivity contribution is 1.19. The molecule has 12 heavy (non-hydrogen) atoms. The van der Waals surface area contributed by atoms with E-state index in [2.05, 4.69) is 44.6 Å². The number of hydrogen-bond acceptors (Lipinski definition) is 1. The topological polar surface area (TPSA) is 23.8 Å². The smallest absolute Gasteiger partial charge is 0.0670 e. The molecule has 0 N–H and O–H groups in total. The highest BCUT2D eigenvalue weighted by atomic mass is 127. The molecule has 0 bridgehead atoms. The van der Waals surface area contributed by atoms with Crippen molar-refractivity contribution >= 4 is 38.5 Å². The van der Waals surface area contributed by atoms with E-state index in [9.17, 15) is 0 Å². The van der Waals surface area contributed by atoms with Crippen LogP contribution in [0, 0.1) is 21.8 Å². The second kappa shape index (κ2) is 4.24. The summed E-state index contributed by atoms with van der Waals surface area (Å²) in [5.41, 5.74) is 2.27. The van der Waals surface area contributed by atoms with Gasteiger partial charge in [0.05, 0.1) is 12.5 Å². The standard InChI is InChI=1S/C9H7BrIN/c1-6-2-3-8(11)9(10)7(6)4-5-12/h2-3H,4H2,1H3. The first kappa shape index (κ1) is 10.0. The Hall–Kier alpha value is -0.0800. The fraction of sp³-hybridized carbons (Fsp3) is 0.222. The van der Waals surface area contributed by atoms with Crippen LogP contribution in [0.1, 0.15) is 11.1 Å². The maximum Gasteiger partial charge on any atom is 0.0670 e. The van der Waals surface area contributed by atoms with Gasteiger partial charge in [0.1, 0.15) is 0 Å². The maximum absolute atomic E-state index is 8.59. The summed E-state index contributed by atoms with van der Waals surface area (Å²) >= 11 is 5.72. The van der Waals surface area contributed by atoms with Gasteiger partial charge in [0.2, 0.25) is 0 Å². The predicted octanol–water partition coefficient (Wildman–Crippen LogP) is 3.43. The van der Waals surface area contributed by atoms with Crippen molar-refractivity contribution < 1.29 is 0 Å². The molecule has 1 aromatic rings. The van der Waals surface area contributed by atoms with Gasteiger partial charge in [-0.2, -0.15) is 5.26 Å². The highest BCUT2D eigenvalue weighted by Crippen LogP contribution is 2.26. The molecule has 0 atom stereocenters. The van der Waals surface area contributed by atoms with Crippen molar-refractivity contribution in [1.29, 1.82) is 5.26 Å². The summed E-state index contributed by atoms with van der Waals surface area (Å²) < 4.78 is 2.22. The average Bonchev–Trinajstić information content (AvgIpc) is 2.06. The van der Waals surface area contributed by atoms with Crippen molar-refractivity contribution in [1.82, 2.24) is 0 Å². The Morgan fingerprint density at radius 2 is 2.25 bits per heavy atom. The van der Waals surface area contributed by atoms with Crippen molar-refractivity contribution in [2.45, 2.75) is 13.3 Å². The van der Waals surface area contributed by atoms with E-state index in [4.69, 9.17) is 5.26 Å². The summed E-state index contributed by atoms with van der Waals surface area (Å²) in [4.78, 5) is 0. The van der Waals surface area contributed by atoms with E-state index in [1.165, 1.54) is 5.56 Å². The summed E-state index contributed by atoms with van der Waals surface area (Å²) in [6.45, 7) is 2.02.